The van der Waals surface area contributed by atoms with E-state index in [1.165, 1.54) is 30.6 Å². The summed E-state index contributed by atoms with van der Waals surface area (Å²) in [6.45, 7) is 7.83. The van der Waals surface area contributed by atoms with Crippen molar-refractivity contribution < 1.29 is 0 Å². The van der Waals surface area contributed by atoms with Gasteiger partial charge >= 0.3 is 0 Å². The molecule has 1 saturated heterocycles. The third-order valence-corrected chi connectivity index (χ3v) is 3.80. The van der Waals surface area contributed by atoms with Gasteiger partial charge in [-0.3, -0.25) is 0 Å². The molecule has 106 valence electrons. The lowest BCUT2D eigenvalue weighted by Crippen LogP contribution is -2.49. The fraction of sp³-hybridized carbons (Fsp3) is 0.625. The number of hydrogen-bond donors (Lipinski definition) is 2. The Morgan fingerprint density at radius 2 is 2.26 bits per heavy atom. The molecule has 2 N–H and O–H groups in total. The Balaban J connectivity index is 1.57. The van der Waals surface area contributed by atoms with E-state index >= 15 is 0 Å². The molecule has 2 rings (SSSR count). The zero-order valence-electron chi connectivity index (χ0n) is 12.3. The maximum atomic E-state index is 3.58. The van der Waals surface area contributed by atoms with Gasteiger partial charge in [-0.25, -0.2) is 0 Å². The van der Waals surface area contributed by atoms with Gasteiger partial charge < -0.3 is 15.5 Å². The van der Waals surface area contributed by atoms with Crippen molar-refractivity contribution in [2.75, 3.05) is 39.8 Å². The summed E-state index contributed by atoms with van der Waals surface area (Å²) in [6.07, 6.45) is 2.35. The first-order chi connectivity index (χ1) is 9.24. The second-order valence-corrected chi connectivity index (χ2v) is 5.69. The number of aryl methyl sites for hydroxylation is 1. The van der Waals surface area contributed by atoms with Gasteiger partial charge in [-0.1, -0.05) is 29.8 Å². The molecule has 0 aliphatic carbocycles. The molecule has 1 aromatic rings. The molecule has 19 heavy (non-hydrogen) atoms. The zero-order chi connectivity index (χ0) is 13.5. The minimum absolute atomic E-state index is 0.658. The van der Waals surface area contributed by atoms with E-state index in [1.54, 1.807) is 0 Å². The number of hydrogen-bond acceptors (Lipinski definition) is 3. The smallest absolute Gasteiger partial charge is 0.0207 e. The van der Waals surface area contributed by atoms with Gasteiger partial charge in [-0.15, -0.1) is 0 Å². The van der Waals surface area contributed by atoms with Crippen molar-refractivity contribution in [1.29, 1.82) is 0 Å². The van der Waals surface area contributed by atoms with Crippen LogP contribution in [0.1, 0.15) is 17.5 Å². The Bertz CT molecular complexity index is 378. The quantitative estimate of drug-likeness (QED) is 0.759. The third kappa shape index (κ3) is 5.31. The van der Waals surface area contributed by atoms with Gasteiger partial charge in [0.05, 0.1) is 0 Å². The van der Waals surface area contributed by atoms with Crippen LogP contribution < -0.4 is 10.6 Å². The number of piperazine rings is 1. The summed E-state index contributed by atoms with van der Waals surface area (Å²) in [5.74, 6) is 0. The van der Waals surface area contributed by atoms with E-state index in [9.17, 15) is 0 Å². The standard InChI is InChI=1S/C16H27N3/c1-14-4-3-5-15(12-14)6-8-17-9-7-16-13-19(2)11-10-18-16/h3-5,12,16-18H,6-11,13H2,1-2H3. The van der Waals surface area contributed by atoms with E-state index < -0.39 is 0 Å². The molecule has 0 saturated carbocycles. The van der Waals surface area contributed by atoms with E-state index in [0.29, 0.717) is 6.04 Å². The summed E-state index contributed by atoms with van der Waals surface area (Å²) in [5.41, 5.74) is 2.79. The molecule has 1 aliphatic heterocycles. The summed E-state index contributed by atoms with van der Waals surface area (Å²) < 4.78 is 0. The van der Waals surface area contributed by atoms with Gasteiger partial charge in [0.25, 0.3) is 0 Å². The van der Waals surface area contributed by atoms with E-state index in [4.69, 9.17) is 0 Å². The molecule has 1 atom stereocenters. The molecule has 1 aliphatic rings. The van der Waals surface area contributed by atoms with Crippen LogP contribution in [0.25, 0.3) is 0 Å². The van der Waals surface area contributed by atoms with Crippen LogP contribution in [0.2, 0.25) is 0 Å². The van der Waals surface area contributed by atoms with E-state index in [-0.39, 0.29) is 0 Å². The van der Waals surface area contributed by atoms with Crippen LogP contribution in [0.15, 0.2) is 24.3 Å². The SMILES string of the molecule is Cc1cccc(CCNCCC2CN(C)CCN2)c1. The lowest BCUT2D eigenvalue weighted by Gasteiger charge is -2.30. The Hall–Kier alpha value is -0.900. The molecule has 0 aromatic heterocycles. The molecule has 1 heterocycles. The normalized spacial score (nSPS) is 20.6. The van der Waals surface area contributed by atoms with E-state index in [0.717, 1.165) is 26.1 Å². The van der Waals surface area contributed by atoms with Crippen molar-refractivity contribution in [2.24, 2.45) is 0 Å². The fourth-order valence-electron chi connectivity index (χ4n) is 2.69. The zero-order valence-corrected chi connectivity index (χ0v) is 12.3. The first kappa shape index (κ1) is 14.5. The topological polar surface area (TPSA) is 27.3 Å². The maximum Gasteiger partial charge on any atom is 0.0207 e. The van der Waals surface area contributed by atoms with E-state index in [2.05, 4.69) is 53.8 Å². The Morgan fingerprint density at radius 1 is 1.37 bits per heavy atom. The van der Waals surface area contributed by atoms with Crippen molar-refractivity contribution >= 4 is 0 Å². The molecule has 0 radical (unpaired) electrons. The van der Waals surface area contributed by atoms with Crippen LogP contribution in [0.3, 0.4) is 0 Å². The van der Waals surface area contributed by atoms with Crippen LogP contribution in [0, 0.1) is 6.92 Å². The van der Waals surface area contributed by atoms with Crippen LogP contribution in [0.4, 0.5) is 0 Å². The summed E-state index contributed by atoms with van der Waals surface area (Å²) in [5, 5.41) is 7.14. The van der Waals surface area contributed by atoms with Crippen LogP contribution in [-0.2, 0) is 6.42 Å². The molecule has 0 bridgehead atoms. The fourth-order valence-corrected chi connectivity index (χ4v) is 2.69. The van der Waals surface area contributed by atoms with Crippen molar-refractivity contribution in [3.05, 3.63) is 35.4 Å². The van der Waals surface area contributed by atoms with Crippen molar-refractivity contribution in [3.63, 3.8) is 0 Å². The molecule has 0 spiro atoms. The molecule has 1 aromatic carbocycles. The van der Waals surface area contributed by atoms with Gasteiger partial charge in [-0.05, 0) is 45.5 Å². The number of nitrogens with one attached hydrogen (secondary N) is 2. The van der Waals surface area contributed by atoms with Crippen LogP contribution in [0.5, 0.6) is 0 Å². The Kier molecular flexibility index (Phi) is 5.83. The largest absolute Gasteiger partial charge is 0.316 e. The second-order valence-electron chi connectivity index (χ2n) is 5.69. The Labute approximate surface area is 117 Å². The van der Waals surface area contributed by atoms with Crippen molar-refractivity contribution in [3.8, 4) is 0 Å². The average Bonchev–Trinajstić information content (AvgIpc) is 2.38. The van der Waals surface area contributed by atoms with Gasteiger partial charge in [0.1, 0.15) is 0 Å². The van der Waals surface area contributed by atoms with Crippen LogP contribution >= 0.6 is 0 Å². The summed E-state index contributed by atoms with van der Waals surface area (Å²) in [6, 6.07) is 9.45. The number of nitrogens with zero attached hydrogens (tertiary/aromatic N) is 1. The molecule has 3 heteroatoms. The van der Waals surface area contributed by atoms with Crippen molar-refractivity contribution in [2.45, 2.75) is 25.8 Å². The highest BCUT2D eigenvalue weighted by Gasteiger charge is 2.15. The predicted octanol–water partition coefficient (Wildman–Crippen LogP) is 1.42. The minimum Gasteiger partial charge on any atom is -0.316 e. The first-order valence-electron chi connectivity index (χ1n) is 7.42. The lowest BCUT2D eigenvalue weighted by molar-refractivity contribution is 0.231. The molecular weight excluding hydrogens is 234 g/mol. The molecule has 0 amide bonds. The predicted molar refractivity (Wildman–Crippen MR) is 81.7 cm³/mol. The highest BCUT2D eigenvalue weighted by atomic mass is 15.2. The summed E-state index contributed by atoms with van der Waals surface area (Å²) >= 11 is 0. The Morgan fingerprint density at radius 3 is 3.05 bits per heavy atom. The highest BCUT2D eigenvalue weighted by molar-refractivity contribution is 5.22. The minimum atomic E-state index is 0.658. The van der Waals surface area contributed by atoms with Gasteiger partial charge in [0.2, 0.25) is 0 Å². The molecule has 1 unspecified atom stereocenters. The van der Waals surface area contributed by atoms with Crippen LogP contribution in [-0.4, -0.2) is 50.7 Å². The summed E-state index contributed by atoms with van der Waals surface area (Å²) in [7, 11) is 2.21. The van der Waals surface area contributed by atoms with Gasteiger partial charge in [-0.2, -0.15) is 0 Å². The molecular formula is C16H27N3. The highest BCUT2D eigenvalue weighted by Crippen LogP contribution is 2.04. The lowest BCUT2D eigenvalue weighted by atomic mass is 10.1. The summed E-state index contributed by atoms with van der Waals surface area (Å²) in [4.78, 5) is 2.41. The molecule has 3 nitrogen and oxygen atoms in total. The number of likely N-dealkylation sites (N-methyl/N-ethyl adjacent to an activating group) is 1. The van der Waals surface area contributed by atoms with Gasteiger partial charge in [0, 0.05) is 25.7 Å². The number of benzene rings is 1. The third-order valence-electron chi connectivity index (χ3n) is 3.80. The first-order valence-corrected chi connectivity index (χ1v) is 7.42. The van der Waals surface area contributed by atoms with E-state index in [1.807, 2.05) is 0 Å². The monoisotopic (exact) mass is 261 g/mol. The van der Waals surface area contributed by atoms with Gasteiger partial charge in [0.15, 0.2) is 0 Å². The van der Waals surface area contributed by atoms with Crippen molar-refractivity contribution in [1.82, 2.24) is 15.5 Å². The maximum absolute atomic E-state index is 3.58. The average molecular weight is 261 g/mol. The second kappa shape index (κ2) is 7.63. The molecule has 1 fully saturated rings. The number of rotatable bonds is 6.